The molecule has 18 heavy (non-hydrogen) atoms. The largest absolute Gasteiger partial charge is 0.477 e. The van der Waals surface area contributed by atoms with Gasteiger partial charge in [0.1, 0.15) is 6.61 Å². The third kappa shape index (κ3) is 3.18. The number of carboxylic acid groups (broad SMARTS) is 1. The minimum absolute atomic E-state index is 0.135. The minimum atomic E-state index is -1.18. The number of rotatable bonds is 4. The summed E-state index contributed by atoms with van der Waals surface area (Å²) in [6.07, 6.45) is 0. The Morgan fingerprint density at radius 2 is 2.00 bits per heavy atom. The molecule has 1 N–H and O–H groups in total. The molecule has 5 nitrogen and oxygen atoms in total. The van der Waals surface area contributed by atoms with E-state index in [4.69, 9.17) is 21.4 Å². The Hall–Kier alpha value is -2.14. The van der Waals surface area contributed by atoms with Crippen LogP contribution in [-0.4, -0.2) is 21.0 Å². The number of ether oxygens (including phenoxy) is 1. The molecule has 0 saturated carbocycles. The molecule has 1 heterocycles. The molecule has 0 bridgehead atoms. The van der Waals surface area contributed by atoms with Gasteiger partial charge in [-0.25, -0.2) is 9.78 Å². The van der Waals surface area contributed by atoms with Gasteiger partial charge in [-0.05, 0) is 17.2 Å². The molecule has 0 fully saturated rings. The second-order valence-corrected chi connectivity index (χ2v) is 3.78. The van der Waals surface area contributed by atoms with E-state index in [0.29, 0.717) is 0 Å². The molecule has 1 aromatic carbocycles. The van der Waals surface area contributed by atoms with Crippen LogP contribution in [0.1, 0.15) is 16.1 Å². The lowest BCUT2D eigenvalue weighted by molar-refractivity contribution is 0.0689. The van der Waals surface area contributed by atoms with Crippen molar-refractivity contribution in [2.45, 2.75) is 6.61 Å². The summed E-state index contributed by atoms with van der Waals surface area (Å²) < 4.78 is 5.36. The van der Waals surface area contributed by atoms with Gasteiger partial charge in [-0.3, -0.25) is 0 Å². The van der Waals surface area contributed by atoms with Gasteiger partial charge in [0, 0.05) is 6.07 Å². The Kier molecular flexibility index (Phi) is 3.74. The Bertz CT molecular complexity index is 561. The van der Waals surface area contributed by atoms with Crippen molar-refractivity contribution in [1.82, 2.24) is 9.97 Å². The standard InChI is InChI=1S/C12H9ClN2O3/c13-12-14-9(11(16)17)6-10(15-12)18-7-8-4-2-1-3-5-8/h1-6H,7H2,(H,16,17). The Balaban J connectivity index is 2.12. The van der Waals surface area contributed by atoms with Crippen molar-refractivity contribution < 1.29 is 14.6 Å². The molecule has 0 aliphatic rings. The van der Waals surface area contributed by atoms with E-state index in [9.17, 15) is 4.79 Å². The molecule has 6 heteroatoms. The fourth-order valence-corrected chi connectivity index (χ4v) is 1.49. The molecule has 0 saturated heterocycles. The average molecular weight is 265 g/mol. The lowest BCUT2D eigenvalue weighted by Gasteiger charge is -2.06. The molecule has 0 aliphatic heterocycles. The van der Waals surface area contributed by atoms with Gasteiger partial charge in [0.25, 0.3) is 0 Å². The van der Waals surface area contributed by atoms with Gasteiger partial charge in [0.15, 0.2) is 5.69 Å². The molecule has 92 valence electrons. The van der Waals surface area contributed by atoms with E-state index in [-0.39, 0.29) is 23.5 Å². The molecule has 0 amide bonds. The van der Waals surface area contributed by atoms with Crippen LogP contribution in [0, 0.1) is 0 Å². The molecule has 0 radical (unpaired) electrons. The van der Waals surface area contributed by atoms with Gasteiger partial charge in [-0.2, -0.15) is 4.98 Å². The molecule has 2 aromatic rings. The van der Waals surface area contributed by atoms with Gasteiger partial charge < -0.3 is 9.84 Å². The van der Waals surface area contributed by atoms with Crippen LogP contribution in [-0.2, 0) is 6.61 Å². The van der Waals surface area contributed by atoms with Crippen molar-refractivity contribution in [3.63, 3.8) is 0 Å². The number of halogens is 1. The van der Waals surface area contributed by atoms with Crippen LogP contribution in [0.25, 0.3) is 0 Å². The molecule has 1 aromatic heterocycles. The van der Waals surface area contributed by atoms with E-state index < -0.39 is 5.97 Å². The fourth-order valence-electron chi connectivity index (χ4n) is 1.31. The first-order valence-corrected chi connectivity index (χ1v) is 5.47. The number of hydrogen-bond donors (Lipinski definition) is 1. The van der Waals surface area contributed by atoms with Crippen LogP contribution < -0.4 is 4.74 Å². The van der Waals surface area contributed by atoms with Crippen molar-refractivity contribution in [3.05, 3.63) is 52.9 Å². The lowest BCUT2D eigenvalue weighted by atomic mass is 10.2. The number of carbonyl (C=O) groups is 1. The lowest BCUT2D eigenvalue weighted by Crippen LogP contribution is -2.04. The number of aromatic nitrogens is 2. The van der Waals surface area contributed by atoms with E-state index >= 15 is 0 Å². The summed E-state index contributed by atoms with van der Waals surface area (Å²) in [4.78, 5) is 18.1. The Labute approximate surface area is 108 Å². The topological polar surface area (TPSA) is 72.3 Å². The highest BCUT2D eigenvalue weighted by atomic mass is 35.5. The summed E-state index contributed by atoms with van der Waals surface area (Å²) in [5.41, 5.74) is 0.752. The smallest absolute Gasteiger partial charge is 0.354 e. The quantitative estimate of drug-likeness (QED) is 0.859. The maximum atomic E-state index is 10.8. The van der Waals surface area contributed by atoms with Crippen molar-refractivity contribution in [3.8, 4) is 5.88 Å². The second kappa shape index (κ2) is 5.46. The fraction of sp³-hybridized carbons (Fsp3) is 0.0833. The van der Waals surface area contributed by atoms with E-state index in [2.05, 4.69) is 9.97 Å². The first-order chi connectivity index (χ1) is 8.65. The summed E-state index contributed by atoms with van der Waals surface area (Å²) in [6.45, 7) is 0.285. The Morgan fingerprint density at radius 3 is 2.67 bits per heavy atom. The second-order valence-electron chi connectivity index (χ2n) is 3.44. The number of benzene rings is 1. The SMILES string of the molecule is O=C(O)c1cc(OCc2ccccc2)nc(Cl)n1. The first-order valence-electron chi connectivity index (χ1n) is 5.10. The molecule has 0 unspecified atom stereocenters. The van der Waals surface area contributed by atoms with E-state index in [0.717, 1.165) is 5.56 Å². The number of carboxylic acids is 1. The zero-order valence-corrected chi connectivity index (χ0v) is 9.96. The predicted octanol–water partition coefficient (Wildman–Crippen LogP) is 2.41. The Morgan fingerprint density at radius 1 is 1.28 bits per heavy atom. The normalized spacial score (nSPS) is 10.1. The number of nitrogens with zero attached hydrogens (tertiary/aromatic N) is 2. The van der Waals surface area contributed by atoms with E-state index in [1.54, 1.807) is 0 Å². The maximum absolute atomic E-state index is 10.8. The highest BCUT2D eigenvalue weighted by Crippen LogP contribution is 2.14. The number of hydrogen-bond acceptors (Lipinski definition) is 4. The van der Waals surface area contributed by atoms with Crippen LogP contribution in [0.15, 0.2) is 36.4 Å². The maximum Gasteiger partial charge on any atom is 0.354 e. The monoisotopic (exact) mass is 264 g/mol. The minimum Gasteiger partial charge on any atom is -0.477 e. The molecule has 0 spiro atoms. The molecular formula is C12H9ClN2O3. The average Bonchev–Trinajstić information content (AvgIpc) is 2.37. The zero-order valence-electron chi connectivity index (χ0n) is 9.21. The van der Waals surface area contributed by atoms with Gasteiger partial charge in [0.2, 0.25) is 11.2 Å². The van der Waals surface area contributed by atoms with Crippen molar-refractivity contribution in [1.29, 1.82) is 0 Å². The van der Waals surface area contributed by atoms with Crippen molar-refractivity contribution in [2.24, 2.45) is 0 Å². The predicted molar refractivity (Wildman–Crippen MR) is 64.8 cm³/mol. The van der Waals surface area contributed by atoms with Gasteiger partial charge in [0.05, 0.1) is 0 Å². The summed E-state index contributed by atoms with van der Waals surface area (Å²) >= 11 is 5.61. The van der Waals surface area contributed by atoms with Gasteiger partial charge in [-0.1, -0.05) is 30.3 Å². The summed E-state index contributed by atoms with van der Waals surface area (Å²) in [6, 6.07) is 10.7. The molecule has 2 rings (SSSR count). The molecular weight excluding hydrogens is 256 g/mol. The van der Waals surface area contributed by atoms with Crippen LogP contribution >= 0.6 is 11.6 Å². The van der Waals surface area contributed by atoms with Gasteiger partial charge in [-0.15, -0.1) is 0 Å². The van der Waals surface area contributed by atoms with Crippen molar-refractivity contribution >= 4 is 17.6 Å². The van der Waals surface area contributed by atoms with Crippen LogP contribution in [0.4, 0.5) is 0 Å². The third-order valence-corrected chi connectivity index (χ3v) is 2.29. The number of aromatic carboxylic acids is 1. The zero-order chi connectivity index (χ0) is 13.0. The highest BCUT2D eigenvalue weighted by Gasteiger charge is 2.10. The summed E-state index contributed by atoms with van der Waals surface area (Å²) in [5.74, 6) is -1.04. The molecule has 0 atom stereocenters. The first kappa shape index (κ1) is 12.3. The third-order valence-electron chi connectivity index (χ3n) is 2.12. The van der Waals surface area contributed by atoms with Crippen LogP contribution in [0.5, 0.6) is 5.88 Å². The molecule has 0 aliphatic carbocycles. The van der Waals surface area contributed by atoms with Crippen LogP contribution in [0.3, 0.4) is 0 Å². The summed E-state index contributed by atoms with van der Waals surface area (Å²) in [5, 5.41) is 8.66. The van der Waals surface area contributed by atoms with Crippen molar-refractivity contribution in [2.75, 3.05) is 0 Å². The van der Waals surface area contributed by atoms with Crippen LogP contribution in [0.2, 0.25) is 5.28 Å². The van der Waals surface area contributed by atoms with E-state index in [1.807, 2.05) is 30.3 Å². The van der Waals surface area contributed by atoms with Gasteiger partial charge >= 0.3 is 5.97 Å². The summed E-state index contributed by atoms with van der Waals surface area (Å²) in [7, 11) is 0. The highest BCUT2D eigenvalue weighted by molar-refractivity contribution is 6.28. The van der Waals surface area contributed by atoms with E-state index in [1.165, 1.54) is 6.07 Å².